The standard InChI is InChI=1S/C22H27F2N9O2/c23-14-9-29-20(30-10-14)17(19(25)26)21(34)31-16-12-28-11-15(24)18(16)32-5-1-13(2-6-32)22(35)33-7-3-27-4-8-33/h9-13,17,27H,1-8H2,(H3,25,26)(H,31,34). The minimum atomic E-state index is -1.39. The molecule has 0 spiro atoms. The van der Waals surface area contributed by atoms with Crippen molar-refractivity contribution in [1.29, 1.82) is 5.41 Å². The van der Waals surface area contributed by atoms with Gasteiger partial charge in [0.25, 0.3) is 0 Å². The van der Waals surface area contributed by atoms with E-state index < -0.39 is 29.3 Å². The number of carbonyl (C=O) groups is 2. The fourth-order valence-electron chi connectivity index (χ4n) is 4.41. The van der Waals surface area contributed by atoms with E-state index in [1.807, 2.05) is 4.90 Å². The Kier molecular flexibility index (Phi) is 7.44. The van der Waals surface area contributed by atoms with Crippen molar-refractivity contribution in [3.8, 4) is 0 Å². The van der Waals surface area contributed by atoms with Gasteiger partial charge in [0.1, 0.15) is 17.3 Å². The lowest BCUT2D eigenvalue weighted by Crippen LogP contribution is -2.50. The van der Waals surface area contributed by atoms with Crippen molar-refractivity contribution in [1.82, 2.24) is 25.2 Å². The molecule has 186 valence electrons. The second-order valence-corrected chi connectivity index (χ2v) is 8.49. The van der Waals surface area contributed by atoms with E-state index in [0.29, 0.717) is 39.0 Å². The molecule has 2 aromatic rings. The van der Waals surface area contributed by atoms with Crippen LogP contribution in [-0.2, 0) is 9.59 Å². The smallest absolute Gasteiger partial charge is 0.242 e. The molecular formula is C22H27F2N9O2. The van der Waals surface area contributed by atoms with Crippen LogP contribution in [0.15, 0.2) is 24.8 Å². The zero-order chi connectivity index (χ0) is 24.9. The summed E-state index contributed by atoms with van der Waals surface area (Å²) >= 11 is 0. The summed E-state index contributed by atoms with van der Waals surface area (Å²) in [6, 6.07) is 0. The summed E-state index contributed by atoms with van der Waals surface area (Å²) in [5.41, 5.74) is 5.82. The van der Waals surface area contributed by atoms with Crippen LogP contribution in [0, 0.1) is 23.0 Å². The minimum absolute atomic E-state index is 0.0928. The van der Waals surface area contributed by atoms with Crippen LogP contribution in [0.25, 0.3) is 0 Å². The molecule has 2 aromatic heterocycles. The third-order valence-corrected chi connectivity index (χ3v) is 6.19. The maximum atomic E-state index is 14.9. The first-order valence-electron chi connectivity index (χ1n) is 11.4. The Balaban J connectivity index is 1.48. The molecule has 0 aromatic carbocycles. The van der Waals surface area contributed by atoms with Crippen LogP contribution >= 0.6 is 0 Å². The van der Waals surface area contributed by atoms with Crippen molar-refractivity contribution in [3.63, 3.8) is 0 Å². The number of piperazine rings is 1. The molecule has 0 bridgehead atoms. The molecule has 35 heavy (non-hydrogen) atoms. The first kappa shape index (κ1) is 24.4. The SMILES string of the molecule is N=C(N)C(C(=O)Nc1cncc(F)c1N1CCC(C(=O)N2CCNCC2)CC1)c1ncc(F)cn1. The topological polar surface area (TPSA) is 153 Å². The van der Waals surface area contributed by atoms with E-state index >= 15 is 0 Å². The maximum absolute atomic E-state index is 14.9. The number of rotatable bonds is 6. The minimum Gasteiger partial charge on any atom is -0.387 e. The number of pyridine rings is 1. The highest BCUT2D eigenvalue weighted by atomic mass is 19.1. The van der Waals surface area contributed by atoms with Crippen LogP contribution in [-0.4, -0.2) is 76.8 Å². The monoisotopic (exact) mass is 487 g/mol. The lowest BCUT2D eigenvalue weighted by atomic mass is 9.94. The van der Waals surface area contributed by atoms with Crippen molar-refractivity contribution in [3.05, 3.63) is 42.2 Å². The molecule has 4 rings (SSSR count). The number of hydrogen-bond donors (Lipinski definition) is 4. The van der Waals surface area contributed by atoms with Crippen LogP contribution in [0.3, 0.4) is 0 Å². The van der Waals surface area contributed by atoms with E-state index in [0.717, 1.165) is 31.7 Å². The summed E-state index contributed by atoms with van der Waals surface area (Å²) < 4.78 is 28.1. The van der Waals surface area contributed by atoms with E-state index in [4.69, 9.17) is 11.1 Å². The van der Waals surface area contributed by atoms with Gasteiger partial charge in [-0.2, -0.15) is 0 Å². The molecule has 2 saturated heterocycles. The molecule has 5 N–H and O–H groups in total. The van der Waals surface area contributed by atoms with Crippen LogP contribution in [0.1, 0.15) is 24.6 Å². The molecule has 0 radical (unpaired) electrons. The predicted molar refractivity (Wildman–Crippen MR) is 124 cm³/mol. The number of carbonyl (C=O) groups excluding carboxylic acids is 2. The van der Waals surface area contributed by atoms with E-state index in [2.05, 4.69) is 25.6 Å². The molecule has 2 amide bonds. The molecule has 13 heteroatoms. The largest absolute Gasteiger partial charge is 0.387 e. The number of piperidine rings is 1. The summed E-state index contributed by atoms with van der Waals surface area (Å²) in [7, 11) is 0. The Bertz CT molecular complexity index is 1080. The van der Waals surface area contributed by atoms with Gasteiger partial charge in [0, 0.05) is 45.2 Å². The van der Waals surface area contributed by atoms with Crippen molar-refractivity contribution < 1.29 is 18.4 Å². The van der Waals surface area contributed by atoms with Gasteiger partial charge >= 0.3 is 0 Å². The molecule has 2 aliphatic heterocycles. The number of halogens is 2. The third-order valence-electron chi connectivity index (χ3n) is 6.19. The van der Waals surface area contributed by atoms with E-state index in [1.54, 1.807) is 4.90 Å². The number of anilines is 2. The Morgan fingerprint density at radius 3 is 2.37 bits per heavy atom. The van der Waals surface area contributed by atoms with Crippen LogP contribution in [0.5, 0.6) is 0 Å². The van der Waals surface area contributed by atoms with Crippen LogP contribution < -0.4 is 21.3 Å². The molecule has 11 nitrogen and oxygen atoms in total. The van der Waals surface area contributed by atoms with Gasteiger partial charge in [-0.05, 0) is 12.8 Å². The van der Waals surface area contributed by atoms with Crippen molar-refractivity contribution in [2.45, 2.75) is 18.8 Å². The number of hydrogen-bond acceptors (Lipinski definition) is 8. The zero-order valence-corrected chi connectivity index (χ0v) is 19.0. The molecule has 4 heterocycles. The molecule has 1 unspecified atom stereocenters. The second-order valence-electron chi connectivity index (χ2n) is 8.49. The Labute approximate surface area is 200 Å². The van der Waals surface area contributed by atoms with Gasteiger partial charge < -0.3 is 26.2 Å². The molecule has 2 aliphatic rings. The maximum Gasteiger partial charge on any atom is 0.242 e. The first-order valence-corrected chi connectivity index (χ1v) is 11.4. The number of nitrogens with two attached hydrogens (primary N) is 1. The second kappa shape index (κ2) is 10.7. The Morgan fingerprint density at radius 1 is 1.09 bits per heavy atom. The van der Waals surface area contributed by atoms with Gasteiger partial charge in [-0.25, -0.2) is 18.7 Å². The normalized spacial score (nSPS) is 17.7. The summed E-state index contributed by atoms with van der Waals surface area (Å²) in [5.74, 6) is -4.22. The van der Waals surface area contributed by atoms with Crippen LogP contribution in [0.4, 0.5) is 20.2 Å². The van der Waals surface area contributed by atoms with Crippen molar-refractivity contribution in [2.24, 2.45) is 11.7 Å². The summed E-state index contributed by atoms with van der Waals surface area (Å²) in [4.78, 5) is 40.8. The van der Waals surface area contributed by atoms with Gasteiger partial charge in [-0.1, -0.05) is 0 Å². The van der Waals surface area contributed by atoms with Crippen molar-refractivity contribution >= 4 is 29.0 Å². The highest BCUT2D eigenvalue weighted by Crippen LogP contribution is 2.33. The molecule has 0 aliphatic carbocycles. The summed E-state index contributed by atoms with van der Waals surface area (Å²) in [5, 5.41) is 13.6. The molecule has 2 fully saturated rings. The van der Waals surface area contributed by atoms with E-state index in [9.17, 15) is 18.4 Å². The fraction of sp³-hybridized carbons (Fsp3) is 0.455. The van der Waals surface area contributed by atoms with E-state index in [1.165, 1.54) is 6.20 Å². The third kappa shape index (κ3) is 5.50. The Morgan fingerprint density at radius 2 is 1.74 bits per heavy atom. The van der Waals surface area contributed by atoms with Crippen LogP contribution in [0.2, 0.25) is 0 Å². The zero-order valence-electron chi connectivity index (χ0n) is 19.0. The number of nitrogens with zero attached hydrogens (tertiary/aromatic N) is 5. The number of aromatic nitrogens is 3. The van der Waals surface area contributed by atoms with E-state index in [-0.39, 0.29) is 29.0 Å². The number of nitrogens with one attached hydrogen (secondary N) is 3. The Hall–Kier alpha value is -3.74. The lowest BCUT2D eigenvalue weighted by Gasteiger charge is -2.37. The van der Waals surface area contributed by atoms with Gasteiger partial charge in [0.15, 0.2) is 17.6 Å². The molecule has 1 atom stereocenters. The quantitative estimate of drug-likeness (QED) is 0.339. The van der Waals surface area contributed by atoms with Gasteiger partial charge in [-0.15, -0.1) is 0 Å². The highest BCUT2D eigenvalue weighted by Gasteiger charge is 2.32. The lowest BCUT2D eigenvalue weighted by molar-refractivity contribution is -0.136. The predicted octanol–water partition coefficient (Wildman–Crippen LogP) is 0.456. The average molecular weight is 488 g/mol. The number of amidine groups is 1. The molecule has 0 saturated carbocycles. The van der Waals surface area contributed by atoms with Gasteiger partial charge in [-0.3, -0.25) is 20.0 Å². The molecular weight excluding hydrogens is 460 g/mol. The number of amides is 2. The van der Waals surface area contributed by atoms with Gasteiger partial charge in [0.05, 0.1) is 30.5 Å². The van der Waals surface area contributed by atoms with Crippen molar-refractivity contribution in [2.75, 3.05) is 49.5 Å². The first-order chi connectivity index (χ1) is 16.8. The summed E-state index contributed by atoms with van der Waals surface area (Å²) in [6.45, 7) is 3.76. The highest BCUT2D eigenvalue weighted by molar-refractivity contribution is 6.11. The fourth-order valence-corrected chi connectivity index (χ4v) is 4.41. The van der Waals surface area contributed by atoms with Gasteiger partial charge in [0.2, 0.25) is 11.8 Å². The summed E-state index contributed by atoms with van der Waals surface area (Å²) in [6.07, 6.45) is 5.19. The average Bonchev–Trinajstić information content (AvgIpc) is 2.85.